The first-order valence-corrected chi connectivity index (χ1v) is 10.4. The Labute approximate surface area is 172 Å². The Bertz CT molecular complexity index is 956. The lowest BCUT2D eigenvalue weighted by atomic mass is 10.1. The zero-order chi connectivity index (χ0) is 20.4. The number of rotatable bonds is 3. The third kappa shape index (κ3) is 4.42. The minimum atomic E-state index is -0.325. The molecule has 4 rings (SSSR count). The molecule has 0 saturated carbocycles. The monoisotopic (exact) mass is 413 g/mol. The van der Waals surface area contributed by atoms with Gasteiger partial charge in [0.2, 0.25) is 11.8 Å². The predicted octanol–water partition coefficient (Wildman–Crippen LogP) is 2.40. The van der Waals surface area contributed by atoms with Crippen LogP contribution in [0.4, 0.5) is 10.1 Å². The lowest BCUT2D eigenvalue weighted by Crippen LogP contribution is -2.51. The number of nitrogens with one attached hydrogen (secondary N) is 1. The first kappa shape index (κ1) is 19.4. The highest BCUT2D eigenvalue weighted by molar-refractivity contribution is 8.00. The summed E-state index contributed by atoms with van der Waals surface area (Å²) in [6.45, 7) is 1.82. The Balaban J connectivity index is 1.35. The van der Waals surface area contributed by atoms with Gasteiger partial charge in [-0.3, -0.25) is 14.4 Å². The van der Waals surface area contributed by atoms with Crippen LogP contribution < -0.4 is 5.32 Å². The molecule has 8 heteroatoms. The summed E-state index contributed by atoms with van der Waals surface area (Å²) in [5, 5.41) is 2.80. The normalized spacial score (nSPS) is 16.2. The number of carbonyl (C=O) groups excluding carboxylic acids is 3. The number of nitrogens with zero attached hydrogens (tertiary/aromatic N) is 2. The first-order valence-electron chi connectivity index (χ1n) is 9.38. The quantitative estimate of drug-likeness (QED) is 0.839. The number of hydrogen-bond donors (Lipinski definition) is 1. The highest BCUT2D eigenvalue weighted by Crippen LogP contribution is 2.32. The fourth-order valence-corrected chi connectivity index (χ4v) is 4.23. The molecule has 29 heavy (non-hydrogen) atoms. The van der Waals surface area contributed by atoms with Crippen LogP contribution in [0.5, 0.6) is 0 Å². The van der Waals surface area contributed by atoms with Crippen molar-refractivity contribution in [3.8, 4) is 0 Å². The highest BCUT2D eigenvalue weighted by Gasteiger charge is 2.26. The Hall–Kier alpha value is -2.87. The smallest absolute Gasteiger partial charge is 0.254 e. The van der Waals surface area contributed by atoms with Gasteiger partial charge in [0, 0.05) is 36.6 Å². The molecule has 0 aromatic heterocycles. The van der Waals surface area contributed by atoms with E-state index in [9.17, 15) is 18.8 Å². The molecular weight excluding hydrogens is 393 g/mol. The fourth-order valence-electron chi connectivity index (χ4n) is 3.45. The maximum Gasteiger partial charge on any atom is 0.254 e. The molecule has 1 saturated heterocycles. The van der Waals surface area contributed by atoms with Crippen molar-refractivity contribution in [2.75, 3.05) is 37.2 Å². The van der Waals surface area contributed by atoms with Crippen LogP contribution in [0.15, 0.2) is 47.4 Å². The van der Waals surface area contributed by atoms with E-state index in [1.54, 1.807) is 34.1 Å². The van der Waals surface area contributed by atoms with Gasteiger partial charge in [0.25, 0.3) is 5.91 Å². The Morgan fingerprint density at radius 1 is 1.00 bits per heavy atom. The second-order valence-electron chi connectivity index (χ2n) is 7.02. The highest BCUT2D eigenvalue weighted by atomic mass is 32.2. The van der Waals surface area contributed by atoms with Crippen LogP contribution in [0, 0.1) is 5.82 Å². The van der Waals surface area contributed by atoms with Crippen molar-refractivity contribution in [2.24, 2.45) is 0 Å². The average molecular weight is 413 g/mol. The van der Waals surface area contributed by atoms with E-state index in [4.69, 9.17) is 0 Å². The number of anilines is 1. The SMILES string of the molecule is O=C1CSc2ccc(C(=O)N3CCN(C(=O)Cc4ccc(F)cc4)CC3)cc2N1. The molecule has 1 fully saturated rings. The van der Waals surface area contributed by atoms with Crippen molar-refractivity contribution in [1.29, 1.82) is 0 Å². The molecule has 0 atom stereocenters. The van der Waals surface area contributed by atoms with Crippen LogP contribution >= 0.6 is 11.8 Å². The molecule has 0 radical (unpaired) electrons. The molecule has 0 aliphatic carbocycles. The van der Waals surface area contributed by atoms with E-state index in [-0.39, 0.29) is 30.0 Å². The Morgan fingerprint density at radius 3 is 2.41 bits per heavy atom. The summed E-state index contributed by atoms with van der Waals surface area (Å²) >= 11 is 1.46. The maximum atomic E-state index is 13.0. The van der Waals surface area contributed by atoms with Crippen molar-refractivity contribution in [2.45, 2.75) is 11.3 Å². The molecule has 2 aliphatic rings. The zero-order valence-corrected chi connectivity index (χ0v) is 16.5. The van der Waals surface area contributed by atoms with Gasteiger partial charge in [0.1, 0.15) is 5.82 Å². The number of thioether (sulfide) groups is 1. The molecule has 1 N–H and O–H groups in total. The number of halogens is 1. The van der Waals surface area contributed by atoms with Gasteiger partial charge < -0.3 is 15.1 Å². The lowest BCUT2D eigenvalue weighted by Gasteiger charge is -2.35. The van der Waals surface area contributed by atoms with Crippen molar-refractivity contribution in [3.63, 3.8) is 0 Å². The second-order valence-corrected chi connectivity index (χ2v) is 8.04. The van der Waals surface area contributed by atoms with Crippen LogP contribution in [0.25, 0.3) is 0 Å². The van der Waals surface area contributed by atoms with Gasteiger partial charge in [-0.25, -0.2) is 4.39 Å². The van der Waals surface area contributed by atoms with Crippen LogP contribution in [0.3, 0.4) is 0 Å². The van der Waals surface area contributed by atoms with Crippen molar-refractivity contribution >= 4 is 35.2 Å². The van der Waals surface area contributed by atoms with E-state index < -0.39 is 0 Å². The fraction of sp³-hybridized carbons (Fsp3) is 0.286. The standard InChI is InChI=1S/C21H20FN3O3S/c22-16-4-1-14(2-5-16)11-20(27)24-7-9-25(10-8-24)21(28)15-3-6-18-17(12-15)23-19(26)13-29-18/h1-6,12H,7-11,13H2,(H,23,26). The molecule has 0 bridgehead atoms. The predicted molar refractivity (Wildman–Crippen MR) is 108 cm³/mol. The third-order valence-electron chi connectivity index (χ3n) is 5.05. The first-order chi connectivity index (χ1) is 14.0. The molecule has 2 aliphatic heterocycles. The minimum Gasteiger partial charge on any atom is -0.339 e. The zero-order valence-electron chi connectivity index (χ0n) is 15.7. The van der Waals surface area contributed by atoms with Crippen LogP contribution in [0.2, 0.25) is 0 Å². The second kappa shape index (κ2) is 8.24. The maximum absolute atomic E-state index is 13.0. The number of benzene rings is 2. The van der Waals surface area contributed by atoms with E-state index in [0.29, 0.717) is 43.2 Å². The summed E-state index contributed by atoms with van der Waals surface area (Å²) in [5.74, 6) is -0.150. The van der Waals surface area contributed by atoms with Crippen LogP contribution in [0.1, 0.15) is 15.9 Å². The largest absolute Gasteiger partial charge is 0.339 e. The number of carbonyl (C=O) groups is 3. The molecule has 150 valence electrons. The minimum absolute atomic E-state index is 0.0303. The topological polar surface area (TPSA) is 69.7 Å². The van der Waals surface area contributed by atoms with Gasteiger partial charge in [0.15, 0.2) is 0 Å². The van der Waals surface area contributed by atoms with Crippen LogP contribution in [-0.2, 0) is 16.0 Å². The summed E-state index contributed by atoms with van der Waals surface area (Å²) < 4.78 is 13.0. The summed E-state index contributed by atoms with van der Waals surface area (Å²) in [6.07, 6.45) is 0.219. The summed E-state index contributed by atoms with van der Waals surface area (Å²) in [4.78, 5) is 41.3. The molecule has 2 aromatic carbocycles. The van der Waals surface area contributed by atoms with Gasteiger partial charge in [-0.05, 0) is 35.9 Å². The molecule has 0 spiro atoms. The molecule has 2 heterocycles. The van der Waals surface area contributed by atoms with Crippen LogP contribution in [-0.4, -0.2) is 59.5 Å². The molecule has 3 amide bonds. The molecule has 2 aromatic rings. The Morgan fingerprint density at radius 2 is 1.69 bits per heavy atom. The Kier molecular flexibility index (Phi) is 5.53. The van der Waals surface area contributed by atoms with E-state index >= 15 is 0 Å². The van der Waals surface area contributed by atoms with Gasteiger partial charge >= 0.3 is 0 Å². The molecular formula is C21H20FN3O3S. The number of hydrogen-bond acceptors (Lipinski definition) is 4. The lowest BCUT2D eigenvalue weighted by molar-refractivity contribution is -0.131. The summed E-state index contributed by atoms with van der Waals surface area (Å²) in [7, 11) is 0. The van der Waals surface area contributed by atoms with E-state index in [2.05, 4.69) is 5.32 Å². The van der Waals surface area contributed by atoms with Crippen molar-refractivity contribution < 1.29 is 18.8 Å². The number of fused-ring (bicyclic) bond motifs is 1. The molecule has 6 nitrogen and oxygen atoms in total. The van der Waals surface area contributed by atoms with E-state index in [0.717, 1.165) is 10.5 Å². The van der Waals surface area contributed by atoms with Gasteiger partial charge in [0.05, 0.1) is 17.9 Å². The summed E-state index contributed by atoms with van der Waals surface area (Å²) in [5.41, 5.74) is 1.96. The number of amides is 3. The van der Waals surface area contributed by atoms with Gasteiger partial charge in [-0.2, -0.15) is 0 Å². The van der Waals surface area contributed by atoms with Gasteiger partial charge in [-0.15, -0.1) is 11.8 Å². The molecule has 0 unspecified atom stereocenters. The summed E-state index contributed by atoms with van der Waals surface area (Å²) in [6, 6.07) is 11.3. The van der Waals surface area contributed by atoms with Crippen molar-refractivity contribution in [3.05, 3.63) is 59.4 Å². The third-order valence-corrected chi connectivity index (χ3v) is 6.12. The average Bonchev–Trinajstić information content (AvgIpc) is 2.74. The number of piperazine rings is 1. The van der Waals surface area contributed by atoms with E-state index in [1.807, 2.05) is 6.07 Å². The van der Waals surface area contributed by atoms with E-state index in [1.165, 1.54) is 23.9 Å². The van der Waals surface area contributed by atoms with Crippen molar-refractivity contribution in [1.82, 2.24) is 9.80 Å². The van der Waals surface area contributed by atoms with Gasteiger partial charge in [-0.1, -0.05) is 12.1 Å².